The van der Waals surface area contributed by atoms with Gasteiger partial charge in [-0.1, -0.05) is 96.4 Å². The minimum Gasteiger partial charge on any atom is -0.490 e. The van der Waals surface area contributed by atoms with E-state index in [4.69, 9.17) is 14.5 Å². The van der Waals surface area contributed by atoms with Gasteiger partial charge in [-0.05, 0) is 90.3 Å². The second kappa shape index (κ2) is 15.4. The van der Waals surface area contributed by atoms with Gasteiger partial charge in [0.1, 0.15) is 5.82 Å². The second-order valence-electron chi connectivity index (χ2n) is 12.0. The lowest BCUT2D eigenvalue weighted by Gasteiger charge is -2.16. The first-order valence-corrected chi connectivity index (χ1v) is 18.2. The Bertz CT molecular complexity index is 2060. The molecule has 47 heavy (non-hydrogen) atoms. The van der Waals surface area contributed by atoms with Crippen LogP contribution in [0.1, 0.15) is 70.8 Å². The fraction of sp³-hybridized carbons (Fsp3) is 0.300. The highest BCUT2D eigenvalue weighted by Gasteiger charge is 2.22. The van der Waals surface area contributed by atoms with Crippen molar-refractivity contribution in [3.63, 3.8) is 0 Å². The Morgan fingerprint density at radius 1 is 0.660 bits per heavy atom. The number of aromatic nitrogens is 2. The van der Waals surface area contributed by atoms with Crippen LogP contribution in [0.2, 0.25) is 0 Å². The van der Waals surface area contributed by atoms with Crippen LogP contribution in [0, 0.1) is 11.3 Å². The van der Waals surface area contributed by atoms with Gasteiger partial charge < -0.3 is 9.47 Å². The highest BCUT2D eigenvalue weighted by molar-refractivity contribution is 9.10. The summed E-state index contributed by atoms with van der Waals surface area (Å²) in [7, 11) is 0. The van der Waals surface area contributed by atoms with E-state index in [9.17, 15) is 5.26 Å². The van der Waals surface area contributed by atoms with Crippen molar-refractivity contribution < 1.29 is 9.47 Å². The summed E-state index contributed by atoms with van der Waals surface area (Å²) in [6.45, 7) is 5.74. The third-order valence-electron chi connectivity index (χ3n) is 8.61. The number of ether oxygens (including phenoxy) is 2. The maximum Gasteiger partial charge on any atom is 0.161 e. The molecule has 240 valence electrons. The molecule has 0 fully saturated rings. The molecule has 1 heterocycles. The molecule has 5 aromatic carbocycles. The van der Waals surface area contributed by atoms with Crippen LogP contribution in [-0.4, -0.2) is 22.8 Å². The van der Waals surface area contributed by atoms with Crippen LogP contribution in [0.25, 0.3) is 49.7 Å². The predicted molar refractivity (Wildman–Crippen MR) is 201 cm³/mol. The van der Waals surface area contributed by atoms with Crippen LogP contribution in [0.4, 0.5) is 0 Å². The van der Waals surface area contributed by atoms with Crippen molar-refractivity contribution in [1.29, 1.82) is 5.26 Å². The van der Waals surface area contributed by atoms with E-state index in [2.05, 4.69) is 105 Å². The van der Waals surface area contributed by atoms with E-state index in [1.54, 1.807) is 0 Å². The normalized spacial score (nSPS) is 11.4. The molecule has 0 bridgehead atoms. The zero-order chi connectivity index (χ0) is 32.8. The quantitative estimate of drug-likeness (QED) is 0.0821. The Balaban J connectivity index is 1.56. The lowest BCUT2D eigenvalue weighted by atomic mass is 10.00. The van der Waals surface area contributed by atoms with Crippen LogP contribution < -0.4 is 9.47 Å². The van der Waals surface area contributed by atoms with E-state index in [-0.39, 0.29) is 0 Å². The minimum absolute atomic E-state index is 0.612. The number of nitriles is 1. The van der Waals surface area contributed by atoms with Gasteiger partial charge >= 0.3 is 0 Å². The largest absolute Gasteiger partial charge is 0.490 e. The summed E-state index contributed by atoms with van der Waals surface area (Å²) in [6.07, 6.45) is 9.11. The summed E-state index contributed by atoms with van der Waals surface area (Å²) in [5, 5.41) is 14.0. The first-order valence-electron chi connectivity index (χ1n) is 16.7. The minimum atomic E-state index is 0.612. The third kappa shape index (κ3) is 7.20. The maximum atomic E-state index is 9.55. The molecule has 6 rings (SSSR count). The Morgan fingerprint density at radius 3 is 1.91 bits per heavy atom. The van der Waals surface area contributed by atoms with Crippen LogP contribution in [0.15, 0.2) is 87.8 Å². The van der Waals surface area contributed by atoms with Gasteiger partial charge in [0.05, 0.1) is 35.9 Å². The first kappa shape index (κ1) is 33.1. The highest BCUT2D eigenvalue weighted by atomic mass is 79.9. The van der Waals surface area contributed by atoms with Gasteiger partial charge in [0.2, 0.25) is 0 Å². The van der Waals surface area contributed by atoms with Crippen molar-refractivity contribution in [2.24, 2.45) is 0 Å². The number of hydrogen-bond acceptors (Lipinski definition) is 4. The zero-order valence-electron chi connectivity index (χ0n) is 27.0. The first-order chi connectivity index (χ1) is 23.0. The van der Waals surface area contributed by atoms with Gasteiger partial charge in [-0.25, -0.2) is 4.98 Å². The van der Waals surface area contributed by atoms with E-state index < -0.39 is 0 Å². The smallest absolute Gasteiger partial charge is 0.161 e. The van der Waals surface area contributed by atoms with Crippen molar-refractivity contribution in [3.05, 3.63) is 93.4 Å². The van der Waals surface area contributed by atoms with E-state index >= 15 is 0 Å². The molecule has 0 aliphatic heterocycles. The molecule has 0 atom stereocenters. The summed E-state index contributed by atoms with van der Waals surface area (Å²) in [4.78, 5) is 5.40. The summed E-state index contributed by atoms with van der Waals surface area (Å²) in [6, 6.07) is 29.0. The van der Waals surface area contributed by atoms with Gasteiger partial charge in [0.15, 0.2) is 11.5 Å². The van der Waals surface area contributed by atoms with E-state index in [0.29, 0.717) is 18.8 Å². The topological polar surface area (TPSA) is 60.1 Å². The molecule has 0 unspecified atom stereocenters. The number of imidazole rings is 1. The molecule has 0 radical (unpaired) electrons. The number of halogens is 2. The van der Waals surface area contributed by atoms with Crippen molar-refractivity contribution in [1.82, 2.24) is 9.55 Å². The van der Waals surface area contributed by atoms with Crippen LogP contribution in [0.5, 0.6) is 11.5 Å². The van der Waals surface area contributed by atoms with Gasteiger partial charge in [-0.15, -0.1) is 0 Å². The molecule has 0 amide bonds. The SMILES string of the molecule is CCCCCCOc1ccc(-c2nc3c4cc(Br)ccc4c4ccc(Br)cc4c3n2-c2ccc(C#N)cc2)cc1OCCCCCC. The Morgan fingerprint density at radius 2 is 1.28 bits per heavy atom. The maximum absolute atomic E-state index is 9.55. The molecule has 0 spiro atoms. The molecule has 5 nitrogen and oxygen atoms in total. The molecule has 7 heteroatoms. The third-order valence-corrected chi connectivity index (χ3v) is 9.59. The van der Waals surface area contributed by atoms with Crippen molar-refractivity contribution in [3.8, 4) is 34.6 Å². The van der Waals surface area contributed by atoms with Crippen LogP contribution in [-0.2, 0) is 0 Å². The lowest BCUT2D eigenvalue weighted by Crippen LogP contribution is -2.04. The Kier molecular flexibility index (Phi) is 10.8. The number of nitrogens with zero attached hydrogens (tertiary/aromatic N) is 3. The van der Waals surface area contributed by atoms with Gasteiger partial charge in [-0.3, -0.25) is 4.57 Å². The predicted octanol–water partition coefficient (Wildman–Crippen LogP) is 12.3. The van der Waals surface area contributed by atoms with Gasteiger partial charge in [-0.2, -0.15) is 5.26 Å². The summed E-state index contributed by atoms with van der Waals surface area (Å²) >= 11 is 7.45. The molecule has 6 aromatic rings. The molecule has 0 saturated carbocycles. The Labute approximate surface area is 293 Å². The van der Waals surface area contributed by atoms with Gasteiger partial charge in [0.25, 0.3) is 0 Å². The standard InChI is InChI=1S/C40H39Br2N3O2/c1-3-5-7-9-21-46-36-20-13-28(23-37(36)47-22-10-8-6-4-2)40-44-38-34-24-29(41)14-18-32(34)33-19-15-30(42)25-35(33)39(38)45(40)31-16-11-27(26-43)12-17-31/h11-20,23-25H,3-10,21-22H2,1-2H3. The average Bonchev–Trinajstić information content (AvgIpc) is 3.50. The Hall–Kier alpha value is -3.86. The fourth-order valence-electron chi connectivity index (χ4n) is 6.18. The monoisotopic (exact) mass is 751 g/mol. The fourth-order valence-corrected chi connectivity index (χ4v) is 6.90. The number of rotatable bonds is 14. The van der Waals surface area contributed by atoms with E-state index in [1.807, 2.05) is 30.3 Å². The second-order valence-corrected chi connectivity index (χ2v) is 13.8. The molecule has 0 aliphatic rings. The van der Waals surface area contributed by atoms with E-state index in [0.717, 1.165) is 95.8 Å². The summed E-state index contributed by atoms with van der Waals surface area (Å²) in [5.41, 5.74) is 4.38. The lowest BCUT2D eigenvalue weighted by molar-refractivity contribution is 0.259. The van der Waals surface area contributed by atoms with Crippen molar-refractivity contribution >= 4 is 64.4 Å². The van der Waals surface area contributed by atoms with E-state index in [1.165, 1.54) is 25.7 Å². The molecule has 0 N–H and O–H groups in total. The number of benzene rings is 5. The van der Waals surface area contributed by atoms with Crippen molar-refractivity contribution in [2.45, 2.75) is 65.2 Å². The molecule has 0 saturated heterocycles. The average molecular weight is 754 g/mol. The van der Waals surface area contributed by atoms with Crippen molar-refractivity contribution in [2.75, 3.05) is 13.2 Å². The number of hydrogen-bond donors (Lipinski definition) is 0. The molecule has 0 aliphatic carbocycles. The van der Waals surface area contributed by atoms with Gasteiger partial charge in [0, 0.05) is 31.0 Å². The molecular weight excluding hydrogens is 714 g/mol. The number of fused-ring (bicyclic) bond motifs is 6. The summed E-state index contributed by atoms with van der Waals surface area (Å²) < 4.78 is 16.9. The highest BCUT2D eigenvalue weighted by Crippen LogP contribution is 2.42. The molecular formula is C40H39Br2N3O2. The molecule has 1 aromatic heterocycles. The zero-order valence-corrected chi connectivity index (χ0v) is 30.2. The van der Waals surface area contributed by atoms with Crippen LogP contribution >= 0.6 is 31.9 Å². The number of unbranched alkanes of at least 4 members (excludes halogenated alkanes) is 6. The summed E-state index contributed by atoms with van der Waals surface area (Å²) in [5.74, 6) is 2.31. The van der Waals surface area contributed by atoms with Crippen LogP contribution in [0.3, 0.4) is 0 Å².